The third-order valence-electron chi connectivity index (χ3n) is 4.99. The van der Waals surface area contributed by atoms with Gasteiger partial charge in [-0.1, -0.05) is 32.9 Å². The lowest BCUT2D eigenvalue weighted by Crippen LogP contribution is -2.45. The van der Waals surface area contributed by atoms with Gasteiger partial charge in [-0.15, -0.1) is 0 Å². The summed E-state index contributed by atoms with van der Waals surface area (Å²) in [4.78, 5) is 37.5. The normalized spacial score (nSPS) is 12.9. The number of rotatable bonds is 16. The third kappa shape index (κ3) is 10.8. The van der Waals surface area contributed by atoms with E-state index in [0.29, 0.717) is 32.1 Å². The van der Waals surface area contributed by atoms with Gasteiger partial charge in [0, 0.05) is 31.1 Å². The summed E-state index contributed by atoms with van der Waals surface area (Å²) in [6.45, 7) is 9.26. The Morgan fingerprint density at radius 1 is 0.938 bits per heavy atom. The number of ether oxygens (including phenoxy) is 2. The molecule has 0 heterocycles. The van der Waals surface area contributed by atoms with E-state index in [0.717, 1.165) is 12.0 Å². The minimum absolute atomic E-state index is 0.0468. The number of hydrogen-bond acceptors (Lipinski definition) is 6. The molecule has 2 amide bonds. The van der Waals surface area contributed by atoms with Crippen LogP contribution >= 0.6 is 0 Å². The zero-order valence-corrected chi connectivity index (χ0v) is 19.7. The number of Topliss-reactive ketones (excluding diaryl/α,β-unsaturated/α-hetero) is 1. The molecule has 0 spiro atoms. The van der Waals surface area contributed by atoms with E-state index >= 15 is 0 Å². The van der Waals surface area contributed by atoms with E-state index in [1.54, 1.807) is 31.2 Å². The number of hydrogen-bond donors (Lipinski definition) is 3. The molecule has 8 nitrogen and oxygen atoms in total. The summed E-state index contributed by atoms with van der Waals surface area (Å²) < 4.78 is 10.7. The summed E-state index contributed by atoms with van der Waals surface area (Å²) in [5.41, 5.74) is 1.31. The number of ketones is 1. The Balaban J connectivity index is 2.46. The van der Waals surface area contributed by atoms with E-state index in [2.05, 4.69) is 10.6 Å². The molecule has 32 heavy (non-hydrogen) atoms. The van der Waals surface area contributed by atoms with Crippen molar-refractivity contribution in [3.8, 4) is 0 Å². The van der Waals surface area contributed by atoms with E-state index in [1.165, 1.54) is 0 Å². The summed E-state index contributed by atoms with van der Waals surface area (Å²) in [5, 5.41) is 14.5. The molecule has 8 heteroatoms. The fourth-order valence-corrected chi connectivity index (χ4v) is 2.96. The topological polar surface area (TPSA) is 114 Å². The highest BCUT2D eigenvalue weighted by Gasteiger charge is 2.27. The van der Waals surface area contributed by atoms with Crippen molar-refractivity contribution in [2.45, 2.75) is 59.6 Å². The molecule has 2 atom stereocenters. The van der Waals surface area contributed by atoms with Crippen LogP contribution in [0.3, 0.4) is 0 Å². The maximum Gasteiger partial charge on any atom is 0.246 e. The van der Waals surface area contributed by atoms with Crippen LogP contribution in [-0.4, -0.2) is 55.2 Å². The molecule has 0 fully saturated rings. The first-order chi connectivity index (χ1) is 15.3. The van der Waals surface area contributed by atoms with Gasteiger partial charge in [-0.2, -0.15) is 0 Å². The van der Waals surface area contributed by atoms with Gasteiger partial charge in [-0.3, -0.25) is 14.4 Å². The molecule has 0 saturated carbocycles. The van der Waals surface area contributed by atoms with Gasteiger partial charge in [-0.05, 0) is 37.0 Å². The van der Waals surface area contributed by atoms with Crippen LogP contribution < -0.4 is 10.6 Å². The molecule has 0 unspecified atom stereocenters. The minimum atomic E-state index is -0.761. The summed E-state index contributed by atoms with van der Waals surface area (Å²) in [7, 11) is 0. The number of aliphatic hydroxyl groups excluding tert-OH is 1. The Kier molecular flexibility index (Phi) is 13.4. The first-order valence-corrected chi connectivity index (χ1v) is 11.3. The maximum atomic E-state index is 12.7. The summed E-state index contributed by atoms with van der Waals surface area (Å²) in [5.74, 6) is -1.30. The lowest BCUT2D eigenvalue weighted by molar-refractivity contribution is -0.133. The second kappa shape index (κ2) is 15.5. The highest BCUT2D eigenvalue weighted by Crippen LogP contribution is 2.17. The zero-order valence-electron chi connectivity index (χ0n) is 19.7. The summed E-state index contributed by atoms with van der Waals surface area (Å²) in [6, 6.07) is 6.03. The van der Waals surface area contributed by atoms with Crippen LogP contribution in [0.4, 0.5) is 5.69 Å². The number of carbonyl (C=O) groups is 3. The maximum absolute atomic E-state index is 12.7. The summed E-state index contributed by atoms with van der Waals surface area (Å²) in [6.07, 6.45) is 1.30. The SMILES string of the molecule is CCCOCCOCCC(=O)C[C@H](C(=O)N[C@@H](C)C(=O)Nc1ccc(CO)cc1)C(C)C. The van der Waals surface area contributed by atoms with E-state index in [1.807, 2.05) is 20.8 Å². The predicted octanol–water partition coefficient (Wildman–Crippen LogP) is 2.69. The van der Waals surface area contributed by atoms with Crippen molar-refractivity contribution in [2.24, 2.45) is 11.8 Å². The van der Waals surface area contributed by atoms with Crippen molar-refractivity contribution >= 4 is 23.3 Å². The van der Waals surface area contributed by atoms with Crippen LogP contribution in [0.1, 0.15) is 52.5 Å². The molecule has 0 radical (unpaired) electrons. The standard InChI is InChI=1S/C24H38N2O6/c1-5-11-31-13-14-32-12-10-21(28)15-22(17(2)3)24(30)25-18(4)23(29)26-20-8-6-19(16-27)7-9-20/h6-9,17-18,22,27H,5,10-16H2,1-4H3,(H,25,30)(H,26,29)/t18-,22-/m0/s1. The van der Waals surface area contributed by atoms with Crippen molar-refractivity contribution in [1.82, 2.24) is 5.32 Å². The Morgan fingerprint density at radius 3 is 2.12 bits per heavy atom. The molecule has 0 aliphatic heterocycles. The molecule has 0 aliphatic carbocycles. The van der Waals surface area contributed by atoms with E-state index in [-0.39, 0.29) is 43.0 Å². The van der Waals surface area contributed by atoms with Crippen molar-refractivity contribution in [3.05, 3.63) is 29.8 Å². The monoisotopic (exact) mass is 450 g/mol. The molecule has 0 aliphatic rings. The van der Waals surface area contributed by atoms with Crippen molar-refractivity contribution < 1.29 is 29.0 Å². The molecule has 1 aromatic carbocycles. The van der Waals surface area contributed by atoms with E-state index in [9.17, 15) is 14.4 Å². The van der Waals surface area contributed by atoms with Crippen LogP contribution in [0.15, 0.2) is 24.3 Å². The number of benzene rings is 1. The molecule has 180 valence electrons. The van der Waals surface area contributed by atoms with Gasteiger partial charge in [0.25, 0.3) is 0 Å². The average molecular weight is 451 g/mol. The average Bonchev–Trinajstić information content (AvgIpc) is 2.76. The van der Waals surface area contributed by atoms with Crippen LogP contribution in [0, 0.1) is 11.8 Å². The first kappa shape index (κ1) is 27.7. The van der Waals surface area contributed by atoms with Crippen LogP contribution in [0.25, 0.3) is 0 Å². The lowest BCUT2D eigenvalue weighted by atomic mass is 9.89. The fraction of sp³-hybridized carbons (Fsp3) is 0.625. The Morgan fingerprint density at radius 2 is 1.56 bits per heavy atom. The fourth-order valence-electron chi connectivity index (χ4n) is 2.96. The van der Waals surface area contributed by atoms with Crippen LogP contribution in [-0.2, 0) is 30.5 Å². The van der Waals surface area contributed by atoms with Gasteiger partial charge in [0.2, 0.25) is 11.8 Å². The predicted molar refractivity (Wildman–Crippen MR) is 123 cm³/mol. The highest BCUT2D eigenvalue weighted by molar-refractivity contribution is 5.97. The molecule has 0 saturated heterocycles. The van der Waals surface area contributed by atoms with Gasteiger partial charge in [-0.25, -0.2) is 0 Å². The second-order valence-corrected chi connectivity index (χ2v) is 8.14. The van der Waals surface area contributed by atoms with Crippen molar-refractivity contribution in [1.29, 1.82) is 0 Å². The van der Waals surface area contributed by atoms with E-state index in [4.69, 9.17) is 14.6 Å². The molecule has 1 aromatic rings. The molecular formula is C24H38N2O6. The lowest BCUT2D eigenvalue weighted by Gasteiger charge is -2.22. The Labute approximate surface area is 191 Å². The molecule has 0 bridgehead atoms. The van der Waals surface area contributed by atoms with Gasteiger partial charge in [0.15, 0.2) is 0 Å². The number of amides is 2. The Bertz CT molecular complexity index is 705. The van der Waals surface area contributed by atoms with Gasteiger partial charge in [0.05, 0.1) is 26.4 Å². The second-order valence-electron chi connectivity index (χ2n) is 8.14. The highest BCUT2D eigenvalue weighted by atomic mass is 16.5. The first-order valence-electron chi connectivity index (χ1n) is 11.3. The van der Waals surface area contributed by atoms with Gasteiger partial charge >= 0.3 is 0 Å². The van der Waals surface area contributed by atoms with Crippen molar-refractivity contribution in [3.63, 3.8) is 0 Å². The van der Waals surface area contributed by atoms with Gasteiger partial charge in [0.1, 0.15) is 11.8 Å². The van der Waals surface area contributed by atoms with E-state index < -0.39 is 12.0 Å². The van der Waals surface area contributed by atoms with Crippen LogP contribution in [0.5, 0.6) is 0 Å². The molecular weight excluding hydrogens is 412 g/mol. The van der Waals surface area contributed by atoms with Gasteiger partial charge < -0.3 is 25.2 Å². The summed E-state index contributed by atoms with van der Waals surface area (Å²) >= 11 is 0. The molecule has 3 N–H and O–H groups in total. The Hall–Kier alpha value is -2.29. The third-order valence-corrected chi connectivity index (χ3v) is 4.99. The van der Waals surface area contributed by atoms with Crippen molar-refractivity contribution in [2.75, 3.05) is 31.7 Å². The number of aliphatic hydroxyl groups is 1. The number of carbonyl (C=O) groups excluding carboxylic acids is 3. The molecule has 0 aromatic heterocycles. The zero-order chi connectivity index (χ0) is 23.9. The smallest absolute Gasteiger partial charge is 0.246 e. The number of nitrogens with one attached hydrogen (secondary N) is 2. The minimum Gasteiger partial charge on any atom is -0.392 e. The number of anilines is 1. The molecule has 1 rings (SSSR count). The van der Waals surface area contributed by atoms with Crippen LogP contribution in [0.2, 0.25) is 0 Å². The largest absolute Gasteiger partial charge is 0.392 e. The quantitative estimate of drug-likeness (QED) is 0.334.